The highest BCUT2D eigenvalue weighted by Crippen LogP contribution is 2.24. The van der Waals surface area contributed by atoms with Crippen LogP contribution in [0.1, 0.15) is 17.0 Å². The second-order valence-corrected chi connectivity index (χ2v) is 6.06. The van der Waals surface area contributed by atoms with E-state index in [-0.39, 0.29) is 10.7 Å². The Bertz CT molecular complexity index is 888. The number of carbonyl (C=O) groups is 2. The van der Waals surface area contributed by atoms with Gasteiger partial charge in [-0.1, -0.05) is 0 Å². The summed E-state index contributed by atoms with van der Waals surface area (Å²) < 4.78 is 7.24. The summed E-state index contributed by atoms with van der Waals surface area (Å²) in [5.74, 6) is -0.217. The number of nitrogens with one attached hydrogen (secondary N) is 2. The van der Waals surface area contributed by atoms with Gasteiger partial charge in [0.2, 0.25) is 0 Å². The van der Waals surface area contributed by atoms with E-state index in [4.69, 9.17) is 17.0 Å². The SMILES string of the molecule is COc1ccc(-n2c(C)cc(C=C3C(=O)NC(=S)NC3=O)c2C)cc1. The van der Waals surface area contributed by atoms with Crippen LogP contribution in [0.2, 0.25) is 0 Å². The van der Waals surface area contributed by atoms with Crippen LogP contribution in [0.4, 0.5) is 0 Å². The molecule has 0 aliphatic carbocycles. The highest BCUT2D eigenvalue weighted by molar-refractivity contribution is 7.80. The Labute approximate surface area is 150 Å². The van der Waals surface area contributed by atoms with Crippen molar-refractivity contribution in [2.24, 2.45) is 0 Å². The summed E-state index contributed by atoms with van der Waals surface area (Å²) in [5, 5.41) is 4.90. The summed E-state index contributed by atoms with van der Waals surface area (Å²) in [7, 11) is 1.62. The highest BCUT2D eigenvalue weighted by Gasteiger charge is 2.26. The molecule has 1 aromatic heterocycles. The summed E-state index contributed by atoms with van der Waals surface area (Å²) >= 11 is 4.81. The smallest absolute Gasteiger partial charge is 0.263 e. The monoisotopic (exact) mass is 355 g/mol. The first-order chi connectivity index (χ1) is 11.9. The van der Waals surface area contributed by atoms with E-state index in [0.29, 0.717) is 0 Å². The van der Waals surface area contributed by atoms with Crippen molar-refractivity contribution >= 4 is 35.2 Å². The molecule has 1 aliphatic heterocycles. The lowest BCUT2D eigenvalue weighted by molar-refractivity contribution is -0.123. The number of hydrogen-bond acceptors (Lipinski definition) is 4. The van der Waals surface area contributed by atoms with Gasteiger partial charge in [-0.05, 0) is 68.0 Å². The van der Waals surface area contributed by atoms with Crippen molar-refractivity contribution in [1.82, 2.24) is 15.2 Å². The number of hydrogen-bond donors (Lipinski definition) is 2. The van der Waals surface area contributed by atoms with Crippen LogP contribution in [0.5, 0.6) is 5.75 Å². The fourth-order valence-electron chi connectivity index (χ4n) is 2.82. The molecule has 1 saturated heterocycles. The van der Waals surface area contributed by atoms with Crippen LogP contribution in [-0.4, -0.2) is 28.6 Å². The van der Waals surface area contributed by atoms with E-state index in [9.17, 15) is 9.59 Å². The third-order valence-electron chi connectivity index (χ3n) is 4.04. The lowest BCUT2D eigenvalue weighted by Crippen LogP contribution is -2.51. The van der Waals surface area contributed by atoms with E-state index < -0.39 is 11.8 Å². The minimum atomic E-state index is -0.497. The maximum atomic E-state index is 12.0. The Morgan fingerprint density at radius 1 is 1.08 bits per heavy atom. The molecule has 128 valence electrons. The molecule has 25 heavy (non-hydrogen) atoms. The Hall–Kier alpha value is -2.93. The van der Waals surface area contributed by atoms with Crippen LogP contribution in [0.25, 0.3) is 11.8 Å². The molecule has 7 heteroatoms. The zero-order valence-corrected chi connectivity index (χ0v) is 14.9. The van der Waals surface area contributed by atoms with Crippen molar-refractivity contribution in [1.29, 1.82) is 0 Å². The molecule has 0 saturated carbocycles. The van der Waals surface area contributed by atoms with E-state index in [1.807, 2.05) is 44.2 Å². The summed E-state index contributed by atoms with van der Waals surface area (Å²) in [6.07, 6.45) is 1.58. The average Bonchev–Trinajstić information content (AvgIpc) is 2.85. The Morgan fingerprint density at radius 3 is 2.24 bits per heavy atom. The molecule has 3 rings (SSSR count). The quantitative estimate of drug-likeness (QED) is 0.502. The van der Waals surface area contributed by atoms with Gasteiger partial charge in [-0.25, -0.2) is 0 Å². The maximum Gasteiger partial charge on any atom is 0.263 e. The third kappa shape index (κ3) is 3.18. The zero-order chi connectivity index (χ0) is 18.1. The third-order valence-corrected chi connectivity index (χ3v) is 4.25. The summed E-state index contributed by atoms with van der Waals surface area (Å²) in [5.41, 5.74) is 3.70. The van der Waals surface area contributed by atoms with E-state index in [1.54, 1.807) is 13.2 Å². The first kappa shape index (κ1) is 16.9. The van der Waals surface area contributed by atoms with Gasteiger partial charge in [0.15, 0.2) is 5.11 Å². The minimum Gasteiger partial charge on any atom is -0.497 e. The minimum absolute atomic E-state index is 0.0239. The Balaban J connectivity index is 2.02. The van der Waals surface area contributed by atoms with Gasteiger partial charge in [-0.15, -0.1) is 0 Å². The Morgan fingerprint density at radius 2 is 1.68 bits per heavy atom. The average molecular weight is 355 g/mol. The predicted octanol–water partition coefficient (Wildman–Crippen LogP) is 2.02. The molecular weight excluding hydrogens is 338 g/mol. The highest BCUT2D eigenvalue weighted by atomic mass is 32.1. The van der Waals surface area contributed by atoms with Crippen molar-refractivity contribution in [3.05, 3.63) is 52.9 Å². The molecule has 1 fully saturated rings. The van der Waals surface area contributed by atoms with Crippen molar-refractivity contribution in [2.75, 3.05) is 7.11 Å². The van der Waals surface area contributed by atoms with Crippen LogP contribution >= 0.6 is 12.2 Å². The molecule has 1 aromatic carbocycles. The number of amides is 2. The molecule has 6 nitrogen and oxygen atoms in total. The van der Waals surface area contributed by atoms with Gasteiger partial charge in [-0.3, -0.25) is 20.2 Å². The number of benzene rings is 1. The number of nitrogens with zero attached hydrogens (tertiary/aromatic N) is 1. The predicted molar refractivity (Wildman–Crippen MR) is 98.7 cm³/mol. The molecule has 1 aliphatic rings. The fourth-order valence-corrected chi connectivity index (χ4v) is 3.01. The lowest BCUT2D eigenvalue weighted by atomic mass is 10.1. The number of methoxy groups -OCH3 is 1. The topological polar surface area (TPSA) is 72.4 Å². The molecule has 2 heterocycles. The summed E-state index contributed by atoms with van der Waals surface area (Å²) in [6.45, 7) is 3.91. The van der Waals surface area contributed by atoms with Crippen molar-refractivity contribution in [2.45, 2.75) is 13.8 Å². The number of rotatable bonds is 3. The van der Waals surface area contributed by atoms with Gasteiger partial charge in [0, 0.05) is 17.1 Å². The Kier molecular flexibility index (Phi) is 4.41. The summed E-state index contributed by atoms with van der Waals surface area (Å²) in [6, 6.07) is 9.60. The molecule has 2 aromatic rings. The standard InChI is InChI=1S/C18H17N3O3S/c1-10-8-12(9-15-16(22)19-18(25)20-17(15)23)11(2)21(10)13-4-6-14(24-3)7-5-13/h4-9H,1-3H3,(H2,19,20,22,23,25). The van der Waals surface area contributed by atoms with Crippen molar-refractivity contribution < 1.29 is 14.3 Å². The largest absolute Gasteiger partial charge is 0.497 e. The van der Waals surface area contributed by atoms with E-state index in [2.05, 4.69) is 15.2 Å². The van der Waals surface area contributed by atoms with Gasteiger partial charge in [-0.2, -0.15) is 0 Å². The van der Waals surface area contributed by atoms with Gasteiger partial charge in [0.1, 0.15) is 11.3 Å². The van der Waals surface area contributed by atoms with Crippen molar-refractivity contribution in [3.63, 3.8) is 0 Å². The summed E-state index contributed by atoms with van der Waals surface area (Å²) in [4.78, 5) is 24.0. The molecular formula is C18H17N3O3S. The number of thiocarbonyl (C=S) groups is 1. The zero-order valence-electron chi connectivity index (χ0n) is 14.0. The molecule has 0 atom stereocenters. The first-order valence-electron chi connectivity index (χ1n) is 7.62. The molecule has 2 N–H and O–H groups in total. The van der Waals surface area contributed by atoms with E-state index >= 15 is 0 Å². The van der Waals surface area contributed by atoms with Gasteiger partial charge >= 0.3 is 0 Å². The second kappa shape index (κ2) is 6.52. The van der Waals surface area contributed by atoms with Gasteiger partial charge in [0.05, 0.1) is 7.11 Å². The normalized spacial score (nSPS) is 14.2. The number of ether oxygens (including phenoxy) is 1. The molecule has 0 spiro atoms. The van der Waals surface area contributed by atoms with Crippen LogP contribution in [0.3, 0.4) is 0 Å². The van der Waals surface area contributed by atoms with E-state index in [0.717, 1.165) is 28.4 Å². The second-order valence-electron chi connectivity index (χ2n) is 5.66. The number of carbonyl (C=O) groups excluding carboxylic acids is 2. The van der Waals surface area contributed by atoms with Crippen LogP contribution in [0, 0.1) is 13.8 Å². The maximum absolute atomic E-state index is 12.0. The number of aromatic nitrogens is 1. The van der Waals surface area contributed by atoms with Crippen molar-refractivity contribution in [3.8, 4) is 11.4 Å². The fraction of sp³-hybridized carbons (Fsp3) is 0.167. The first-order valence-corrected chi connectivity index (χ1v) is 8.03. The van der Waals surface area contributed by atoms with Crippen LogP contribution in [0.15, 0.2) is 35.9 Å². The number of aryl methyl sites for hydroxylation is 1. The molecule has 2 amide bonds. The van der Waals surface area contributed by atoms with Gasteiger partial charge in [0.25, 0.3) is 11.8 Å². The molecule has 0 unspecified atom stereocenters. The lowest BCUT2D eigenvalue weighted by Gasteiger charge is -2.16. The van der Waals surface area contributed by atoms with Crippen LogP contribution < -0.4 is 15.4 Å². The molecule has 0 radical (unpaired) electrons. The van der Waals surface area contributed by atoms with E-state index in [1.165, 1.54) is 0 Å². The van der Waals surface area contributed by atoms with Gasteiger partial charge < -0.3 is 9.30 Å². The van der Waals surface area contributed by atoms with Crippen LogP contribution in [-0.2, 0) is 9.59 Å². The molecule has 0 bridgehead atoms.